The van der Waals surface area contributed by atoms with Crippen molar-refractivity contribution in [1.82, 2.24) is 20.0 Å². The average Bonchev–Trinajstić information content (AvgIpc) is 3.09. The summed E-state index contributed by atoms with van der Waals surface area (Å²) in [7, 11) is 2.06. The zero-order valence-electron chi connectivity index (χ0n) is 14.9. The van der Waals surface area contributed by atoms with Crippen LogP contribution in [-0.4, -0.2) is 76.1 Å². The molecule has 2 fully saturated rings. The number of H-pyrrole nitrogens is 1. The molecule has 2 unspecified atom stereocenters. The number of aromatic nitrogens is 2. The van der Waals surface area contributed by atoms with Crippen LogP contribution in [0.25, 0.3) is 10.9 Å². The molecule has 3 heterocycles. The first kappa shape index (κ1) is 19.9. The van der Waals surface area contributed by atoms with E-state index in [1.165, 1.54) is 18.2 Å². The van der Waals surface area contributed by atoms with Crippen LogP contribution in [0.2, 0.25) is 0 Å². The molecule has 2 aliphatic heterocycles. The molecule has 8 nitrogen and oxygen atoms in total. The number of ether oxygens (including phenoxy) is 1. The molecule has 1 aromatic heterocycles. The van der Waals surface area contributed by atoms with Crippen LogP contribution in [0.5, 0.6) is 5.75 Å². The molecule has 0 aliphatic carbocycles. The van der Waals surface area contributed by atoms with Crippen molar-refractivity contribution >= 4 is 23.3 Å². The van der Waals surface area contributed by atoms with Gasteiger partial charge in [0.25, 0.3) is 12.4 Å². The van der Waals surface area contributed by atoms with Crippen LogP contribution < -0.4 is 4.74 Å². The Hall–Kier alpha value is -2.82. The number of piperazine rings is 1. The topological polar surface area (TPSA) is 98.8 Å². The molecule has 11 heteroatoms. The van der Waals surface area contributed by atoms with Gasteiger partial charge in [0.1, 0.15) is 5.75 Å². The molecule has 152 valence electrons. The number of carboxylic acid groups (broad SMARTS) is 1. The molecule has 2 bridgehead atoms. The minimum absolute atomic E-state index is 0.131. The summed E-state index contributed by atoms with van der Waals surface area (Å²) in [4.78, 5) is 25.3. The van der Waals surface area contributed by atoms with Gasteiger partial charge in [-0.25, -0.2) is 0 Å². The summed E-state index contributed by atoms with van der Waals surface area (Å²) in [5, 5.41) is 14.0. The minimum atomic E-state index is -4.78. The second kappa shape index (κ2) is 7.66. The number of carbonyl (C=O) groups excluding carboxylic acids is 1. The van der Waals surface area contributed by atoms with Gasteiger partial charge < -0.3 is 14.7 Å². The van der Waals surface area contributed by atoms with Crippen molar-refractivity contribution in [2.24, 2.45) is 0 Å². The number of carbonyl (C=O) groups is 2. The maximum atomic E-state index is 12.9. The number of nitrogens with one attached hydrogen (secondary N) is 1. The smallest absolute Gasteiger partial charge is 0.483 e. The first-order chi connectivity index (χ1) is 13.2. The van der Waals surface area contributed by atoms with Gasteiger partial charge in [-0.3, -0.25) is 19.6 Å². The molecule has 2 aliphatic rings. The van der Waals surface area contributed by atoms with Crippen LogP contribution in [-0.2, 0) is 4.79 Å². The van der Waals surface area contributed by atoms with Crippen molar-refractivity contribution in [3.05, 3.63) is 23.9 Å². The first-order valence-electron chi connectivity index (χ1n) is 8.56. The molecule has 2 atom stereocenters. The maximum Gasteiger partial charge on any atom is 0.573 e. The predicted molar refractivity (Wildman–Crippen MR) is 91.9 cm³/mol. The minimum Gasteiger partial charge on any atom is -0.483 e. The lowest BCUT2D eigenvalue weighted by Crippen LogP contribution is -2.53. The Morgan fingerprint density at radius 3 is 2.50 bits per heavy atom. The van der Waals surface area contributed by atoms with Crippen molar-refractivity contribution in [2.75, 3.05) is 20.1 Å². The highest BCUT2D eigenvalue weighted by atomic mass is 19.4. The number of halogens is 3. The standard InChI is InChI=1S/C16H17F3N4O2.CH2O2/c1-22-9-2-3-10(22)8-23(7-9)15(24)14-12-6-11(25-16(17,18)19)4-5-13(12)20-21-14;2-1-3/h4-6,9-10H,2-3,7-8H2,1H3,(H,20,21);1H,(H,2,3). The Labute approximate surface area is 157 Å². The Morgan fingerprint density at radius 2 is 1.93 bits per heavy atom. The number of nitrogens with zero attached hydrogens (tertiary/aromatic N) is 3. The average molecular weight is 400 g/mol. The number of likely N-dealkylation sites (tertiary alicyclic amines) is 1. The summed E-state index contributed by atoms with van der Waals surface area (Å²) >= 11 is 0. The summed E-state index contributed by atoms with van der Waals surface area (Å²) in [5.41, 5.74) is 0.626. The molecule has 2 aromatic rings. The molecule has 1 aromatic carbocycles. The van der Waals surface area contributed by atoms with E-state index < -0.39 is 6.36 Å². The fourth-order valence-electron chi connectivity index (χ4n) is 3.78. The van der Waals surface area contributed by atoms with Gasteiger partial charge in [0, 0.05) is 30.6 Å². The lowest BCUT2D eigenvalue weighted by atomic mass is 10.1. The van der Waals surface area contributed by atoms with Crippen molar-refractivity contribution in [3.63, 3.8) is 0 Å². The second-order valence-electron chi connectivity index (χ2n) is 6.69. The predicted octanol–water partition coefficient (Wildman–Crippen LogP) is 2.08. The zero-order chi connectivity index (χ0) is 20.5. The summed E-state index contributed by atoms with van der Waals surface area (Å²) in [5.74, 6) is -0.630. The third-order valence-electron chi connectivity index (χ3n) is 5.10. The summed E-state index contributed by atoms with van der Waals surface area (Å²) in [6, 6.07) is 4.48. The Morgan fingerprint density at radius 1 is 1.32 bits per heavy atom. The Balaban J connectivity index is 0.000000706. The number of aromatic amines is 1. The van der Waals surface area contributed by atoms with E-state index in [0.29, 0.717) is 36.1 Å². The van der Waals surface area contributed by atoms with E-state index in [0.717, 1.165) is 12.8 Å². The van der Waals surface area contributed by atoms with E-state index in [-0.39, 0.29) is 23.8 Å². The third-order valence-corrected chi connectivity index (χ3v) is 5.10. The number of amides is 1. The Bertz CT molecular complexity index is 856. The SMILES string of the molecule is CN1C2CCC1CN(C(=O)c1n[nH]c3ccc(OC(F)(F)F)cc13)C2.O=CO. The molecule has 2 N–H and O–H groups in total. The second-order valence-corrected chi connectivity index (χ2v) is 6.69. The van der Waals surface area contributed by atoms with E-state index in [2.05, 4.69) is 26.9 Å². The van der Waals surface area contributed by atoms with Gasteiger partial charge in [-0.15, -0.1) is 13.2 Å². The Kier molecular flexibility index (Phi) is 5.45. The van der Waals surface area contributed by atoms with Gasteiger partial charge in [0.05, 0.1) is 5.52 Å². The summed E-state index contributed by atoms with van der Waals surface area (Å²) < 4.78 is 41.2. The molecule has 0 radical (unpaired) electrons. The first-order valence-corrected chi connectivity index (χ1v) is 8.56. The number of likely N-dealkylation sites (N-methyl/N-ethyl adjacent to an activating group) is 1. The van der Waals surface area contributed by atoms with Crippen LogP contribution >= 0.6 is 0 Å². The molecule has 1 amide bonds. The molecule has 28 heavy (non-hydrogen) atoms. The number of hydrogen-bond donors (Lipinski definition) is 2. The molecule has 2 saturated heterocycles. The maximum absolute atomic E-state index is 12.9. The van der Waals surface area contributed by atoms with Gasteiger partial charge in [-0.05, 0) is 38.1 Å². The van der Waals surface area contributed by atoms with Gasteiger partial charge in [0.2, 0.25) is 0 Å². The van der Waals surface area contributed by atoms with Gasteiger partial charge in [0.15, 0.2) is 5.69 Å². The third kappa shape index (κ3) is 4.03. The molecular formula is C17H19F3N4O4. The van der Waals surface area contributed by atoms with Crippen molar-refractivity contribution in [2.45, 2.75) is 31.3 Å². The van der Waals surface area contributed by atoms with Crippen LogP contribution in [0.3, 0.4) is 0 Å². The van der Waals surface area contributed by atoms with Crippen molar-refractivity contribution < 1.29 is 32.6 Å². The summed E-state index contributed by atoms with van der Waals surface area (Å²) in [6.45, 7) is 0.970. The normalized spacial score (nSPS) is 21.9. The highest BCUT2D eigenvalue weighted by molar-refractivity contribution is 6.05. The van der Waals surface area contributed by atoms with Crippen LogP contribution in [0, 0.1) is 0 Å². The lowest BCUT2D eigenvalue weighted by Gasteiger charge is -2.38. The van der Waals surface area contributed by atoms with E-state index in [1.807, 2.05) is 0 Å². The van der Waals surface area contributed by atoms with E-state index in [4.69, 9.17) is 9.90 Å². The molecular weight excluding hydrogens is 381 g/mol. The number of benzene rings is 1. The largest absolute Gasteiger partial charge is 0.573 e. The molecule has 0 saturated carbocycles. The lowest BCUT2D eigenvalue weighted by molar-refractivity contribution is -0.274. The number of fused-ring (bicyclic) bond motifs is 3. The number of rotatable bonds is 2. The highest BCUT2D eigenvalue weighted by Gasteiger charge is 2.40. The number of alkyl halides is 3. The van der Waals surface area contributed by atoms with Crippen molar-refractivity contribution in [1.29, 1.82) is 0 Å². The number of hydrogen-bond acceptors (Lipinski definition) is 5. The highest BCUT2D eigenvalue weighted by Crippen LogP contribution is 2.31. The van der Waals surface area contributed by atoms with Gasteiger partial charge >= 0.3 is 6.36 Å². The zero-order valence-corrected chi connectivity index (χ0v) is 14.9. The molecule has 4 rings (SSSR count). The van der Waals surface area contributed by atoms with E-state index >= 15 is 0 Å². The van der Waals surface area contributed by atoms with E-state index in [9.17, 15) is 18.0 Å². The molecule has 0 spiro atoms. The quantitative estimate of drug-likeness (QED) is 0.749. The van der Waals surface area contributed by atoms with Crippen LogP contribution in [0.4, 0.5) is 13.2 Å². The van der Waals surface area contributed by atoms with Gasteiger partial charge in [-0.1, -0.05) is 0 Å². The monoisotopic (exact) mass is 400 g/mol. The summed E-state index contributed by atoms with van der Waals surface area (Å²) in [6.07, 6.45) is -2.68. The van der Waals surface area contributed by atoms with Gasteiger partial charge in [-0.2, -0.15) is 5.10 Å². The van der Waals surface area contributed by atoms with E-state index in [1.54, 1.807) is 4.90 Å². The van der Waals surface area contributed by atoms with Crippen LogP contribution in [0.15, 0.2) is 18.2 Å². The fourth-order valence-corrected chi connectivity index (χ4v) is 3.78. The fraction of sp³-hybridized carbons (Fsp3) is 0.471. The van der Waals surface area contributed by atoms with Crippen molar-refractivity contribution in [3.8, 4) is 5.75 Å². The van der Waals surface area contributed by atoms with Crippen LogP contribution in [0.1, 0.15) is 23.3 Å².